The summed E-state index contributed by atoms with van der Waals surface area (Å²) in [4.78, 5) is 12.1. The normalized spacial score (nSPS) is 17.0. The van der Waals surface area contributed by atoms with Gasteiger partial charge < -0.3 is 0 Å². The van der Waals surface area contributed by atoms with Crippen LogP contribution in [0.5, 0.6) is 0 Å². The molecule has 1 aromatic heterocycles. The van der Waals surface area contributed by atoms with E-state index in [0.717, 1.165) is 17.7 Å². The van der Waals surface area contributed by atoms with Gasteiger partial charge in [0.05, 0.1) is 4.88 Å². The van der Waals surface area contributed by atoms with Crippen molar-refractivity contribution in [1.82, 2.24) is 9.59 Å². The van der Waals surface area contributed by atoms with E-state index in [1.807, 2.05) is 0 Å². The van der Waals surface area contributed by atoms with Gasteiger partial charge in [-0.15, -0.1) is 5.10 Å². The number of Topliss-reactive ketones (excluding diaryl/α,β-unsaturated/α-hetero) is 1. The lowest BCUT2D eigenvalue weighted by Gasteiger charge is -2.04. The van der Waals surface area contributed by atoms with E-state index < -0.39 is 0 Å². The number of nitrogens with zero attached hydrogens (tertiary/aromatic N) is 2. The molecule has 0 spiro atoms. The average molecular weight is 154 g/mol. The first-order chi connectivity index (χ1) is 4.88. The van der Waals surface area contributed by atoms with Crippen LogP contribution in [0.1, 0.15) is 28.2 Å². The van der Waals surface area contributed by atoms with E-state index >= 15 is 0 Å². The summed E-state index contributed by atoms with van der Waals surface area (Å²) in [5, 5.41) is 3.76. The average Bonchev–Trinajstić information content (AvgIpc) is 2.36. The van der Waals surface area contributed by atoms with Gasteiger partial charge in [-0.3, -0.25) is 4.79 Å². The SMILES string of the molecule is O=C1CCCc2snnc21. The van der Waals surface area contributed by atoms with E-state index in [4.69, 9.17) is 0 Å². The van der Waals surface area contributed by atoms with Crippen LogP contribution in [-0.4, -0.2) is 15.4 Å². The predicted octanol–water partition coefficient (Wildman–Crippen LogP) is 1.06. The van der Waals surface area contributed by atoms with Crippen LogP contribution in [0.15, 0.2) is 0 Å². The van der Waals surface area contributed by atoms with Gasteiger partial charge >= 0.3 is 0 Å². The molecular weight excluding hydrogens is 148 g/mol. The van der Waals surface area contributed by atoms with Gasteiger partial charge in [0.2, 0.25) is 0 Å². The lowest BCUT2D eigenvalue weighted by Crippen LogP contribution is -2.08. The summed E-state index contributed by atoms with van der Waals surface area (Å²) in [7, 11) is 0. The second-order valence-electron chi connectivity index (χ2n) is 2.32. The number of carbonyl (C=O) groups is 1. The Bertz CT molecular complexity index is 268. The predicted molar refractivity (Wildman–Crippen MR) is 37.2 cm³/mol. The molecule has 1 aromatic rings. The molecule has 52 valence electrons. The van der Waals surface area contributed by atoms with E-state index in [1.54, 1.807) is 0 Å². The van der Waals surface area contributed by atoms with Crippen molar-refractivity contribution in [3.63, 3.8) is 0 Å². The van der Waals surface area contributed by atoms with E-state index in [-0.39, 0.29) is 5.78 Å². The first-order valence-corrected chi connectivity index (χ1v) is 3.99. The first kappa shape index (κ1) is 5.97. The van der Waals surface area contributed by atoms with Crippen molar-refractivity contribution in [1.29, 1.82) is 0 Å². The molecule has 1 aliphatic carbocycles. The minimum atomic E-state index is 0.162. The second-order valence-corrected chi connectivity index (χ2v) is 3.16. The highest BCUT2D eigenvalue weighted by molar-refractivity contribution is 7.05. The molecule has 0 unspecified atom stereocenters. The van der Waals surface area contributed by atoms with E-state index in [9.17, 15) is 4.79 Å². The zero-order chi connectivity index (χ0) is 6.97. The number of hydrogen-bond acceptors (Lipinski definition) is 4. The molecule has 0 radical (unpaired) electrons. The third-order valence-electron chi connectivity index (χ3n) is 1.63. The molecule has 0 aromatic carbocycles. The van der Waals surface area contributed by atoms with Crippen LogP contribution in [-0.2, 0) is 6.42 Å². The minimum absolute atomic E-state index is 0.162. The van der Waals surface area contributed by atoms with Crippen LogP contribution >= 0.6 is 11.5 Å². The summed E-state index contributed by atoms with van der Waals surface area (Å²) < 4.78 is 3.73. The summed E-state index contributed by atoms with van der Waals surface area (Å²) in [5.41, 5.74) is 0.622. The Hall–Kier alpha value is -0.770. The topological polar surface area (TPSA) is 42.9 Å². The fraction of sp³-hybridized carbons (Fsp3) is 0.500. The minimum Gasteiger partial charge on any atom is -0.292 e. The van der Waals surface area contributed by atoms with Crippen LogP contribution < -0.4 is 0 Å². The summed E-state index contributed by atoms with van der Waals surface area (Å²) in [5.74, 6) is 0.162. The van der Waals surface area contributed by atoms with Crippen LogP contribution in [0, 0.1) is 0 Å². The van der Waals surface area contributed by atoms with Gasteiger partial charge in [-0.05, 0) is 24.4 Å². The van der Waals surface area contributed by atoms with Gasteiger partial charge in [0.15, 0.2) is 5.78 Å². The van der Waals surface area contributed by atoms with Crippen molar-refractivity contribution in [2.75, 3.05) is 0 Å². The Balaban J connectivity index is 2.50. The molecule has 0 saturated carbocycles. The Kier molecular flexibility index (Phi) is 1.27. The quantitative estimate of drug-likeness (QED) is 0.561. The maximum Gasteiger partial charge on any atom is 0.184 e. The Morgan fingerprint density at radius 3 is 3.10 bits per heavy atom. The van der Waals surface area contributed by atoms with Crippen molar-refractivity contribution >= 4 is 17.3 Å². The molecule has 1 heterocycles. The van der Waals surface area contributed by atoms with Gasteiger partial charge in [-0.2, -0.15) is 0 Å². The molecule has 0 saturated heterocycles. The van der Waals surface area contributed by atoms with Crippen molar-refractivity contribution < 1.29 is 4.79 Å². The highest BCUT2D eigenvalue weighted by Crippen LogP contribution is 2.21. The highest BCUT2D eigenvalue weighted by Gasteiger charge is 2.20. The lowest BCUT2D eigenvalue weighted by atomic mass is 10.0. The maximum absolute atomic E-state index is 11.1. The van der Waals surface area contributed by atoms with E-state index in [2.05, 4.69) is 9.59 Å². The number of ketones is 1. The number of carbonyl (C=O) groups excluding carboxylic acids is 1. The number of fused-ring (bicyclic) bond motifs is 1. The fourth-order valence-corrected chi connectivity index (χ4v) is 1.81. The first-order valence-electron chi connectivity index (χ1n) is 3.22. The molecular formula is C6H6N2OS. The summed E-state index contributed by atoms with van der Waals surface area (Å²) in [6, 6.07) is 0. The van der Waals surface area contributed by atoms with Gasteiger partial charge in [0.25, 0.3) is 0 Å². The largest absolute Gasteiger partial charge is 0.292 e. The third-order valence-corrected chi connectivity index (χ3v) is 2.41. The number of aromatic nitrogens is 2. The standard InChI is InChI=1S/C6H6N2OS/c9-4-2-1-3-5-6(4)7-8-10-5/h1-3H2. The summed E-state index contributed by atoms with van der Waals surface area (Å²) in [6.07, 6.45) is 2.60. The molecule has 0 fully saturated rings. The van der Waals surface area contributed by atoms with Gasteiger partial charge in [0.1, 0.15) is 5.69 Å². The molecule has 1 aliphatic rings. The highest BCUT2D eigenvalue weighted by atomic mass is 32.1. The van der Waals surface area contributed by atoms with Crippen molar-refractivity contribution in [3.05, 3.63) is 10.6 Å². The summed E-state index contributed by atoms with van der Waals surface area (Å²) in [6.45, 7) is 0. The van der Waals surface area contributed by atoms with Gasteiger partial charge in [-0.25, -0.2) is 0 Å². The molecule has 0 N–H and O–H groups in total. The van der Waals surface area contributed by atoms with Crippen molar-refractivity contribution in [3.8, 4) is 0 Å². The Labute approximate surface area is 62.2 Å². The number of hydrogen-bond donors (Lipinski definition) is 0. The molecule has 3 nitrogen and oxygen atoms in total. The van der Waals surface area contributed by atoms with Crippen LogP contribution in [0.2, 0.25) is 0 Å². The molecule has 0 amide bonds. The molecule has 2 rings (SSSR count). The number of aryl methyl sites for hydroxylation is 1. The van der Waals surface area contributed by atoms with Crippen LogP contribution in [0.4, 0.5) is 0 Å². The zero-order valence-corrected chi connectivity index (χ0v) is 6.15. The zero-order valence-electron chi connectivity index (χ0n) is 5.33. The maximum atomic E-state index is 11.1. The van der Waals surface area contributed by atoms with Crippen molar-refractivity contribution in [2.24, 2.45) is 0 Å². The molecule has 0 bridgehead atoms. The Morgan fingerprint density at radius 2 is 2.30 bits per heavy atom. The molecule has 4 heteroatoms. The lowest BCUT2D eigenvalue weighted by molar-refractivity contribution is 0.0968. The monoisotopic (exact) mass is 154 g/mol. The fourth-order valence-electron chi connectivity index (χ4n) is 1.11. The van der Waals surface area contributed by atoms with Gasteiger partial charge in [0, 0.05) is 6.42 Å². The third kappa shape index (κ3) is 0.759. The van der Waals surface area contributed by atoms with E-state index in [1.165, 1.54) is 11.5 Å². The second kappa shape index (κ2) is 2.12. The summed E-state index contributed by atoms with van der Waals surface area (Å²) >= 11 is 1.35. The van der Waals surface area contributed by atoms with Crippen LogP contribution in [0.25, 0.3) is 0 Å². The van der Waals surface area contributed by atoms with E-state index in [0.29, 0.717) is 12.1 Å². The number of rotatable bonds is 0. The molecule has 0 aliphatic heterocycles. The molecule has 0 atom stereocenters. The van der Waals surface area contributed by atoms with Gasteiger partial charge in [-0.1, -0.05) is 4.49 Å². The molecule has 10 heavy (non-hydrogen) atoms. The Morgan fingerprint density at radius 1 is 1.40 bits per heavy atom. The van der Waals surface area contributed by atoms with Crippen LogP contribution in [0.3, 0.4) is 0 Å². The van der Waals surface area contributed by atoms with Crippen molar-refractivity contribution in [2.45, 2.75) is 19.3 Å². The smallest absolute Gasteiger partial charge is 0.184 e.